The number of hydrogen-bond donors (Lipinski definition) is 1. The molecule has 2 aliphatic rings. The molecule has 4 rings (SSSR count). The van der Waals surface area contributed by atoms with E-state index >= 15 is 0 Å². The quantitative estimate of drug-likeness (QED) is 0.229. The Morgan fingerprint density at radius 3 is 2.55 bits per heavy atom. The molecular formula is C24H23Cl2N5O6S. The summed E-state index contributed by atoms with van der Waals surface area (Å²) in [7, 11) is -3.08. The van der Waals surface area contributed by atoms with Gasteiger partial charge in [-0.15, -0.1) is 10.1 Å². The first-order valence-electron chi connectivity index (χ1n) is 11.6. The number of halogens is 2. The minimum atomic E-state index is -3.08. The molecule has 0 aromatic heterocycles. The average molecular weight is 580 g/mol. The van der Waals surface area contributed by atoms with Crippen LogP contribution in [0.15, 0.2) is 47.6 Å². The molecule has 1 N–H and O–H groups in total. The van der Waals surface area contributed by atoms with Crippen LogP contribution in [0.4, 0.5) is 5.69 Å². The highest BCUT2D eigenvalue weighted by atomic mass is 35.5. The van der Waals surface area contributed by atoms with Crippen LogP contribution in [0.2, 0.25) is 10.0 Å². The summed E-state index contributed by atoms with van der Waals surface area (Å²) >= 11 is 12.5. The molecule has 0 saturated carbocycles. The molecule has 0 spiro atoms. The van der Waals surface area contributed by atoms with Gasteiger partial charge in [0.15, 0.2) is 9.84 Å². The number of hydrazone groups is 1. The lowest BCUT2D eigenvalue weighted by Gasteiger charge is -2.26. The van der Waals surface area contributed by atoms with Crippen LogP contribution < -0.4 is 10.4 Å². The van der Waals surface area contributed by atoms with E-state index in [4.69, 9.17) is 23.2 Å². The first-order valence-corrected chi connectivity index (χ1v) is 14.1. The Kier molecular flexibility index (Phi) is 8.73. The summed E-state index contributed by atoms with van der Waals surface area (Å²) in [4.78, 5) is 27.5. The lowest BCUT2D eigenvalue weighted by Crippen LogP contribution is -2.51. The molecule has 0 radical (unpaired) electrons. The number of benzene rings is 2. The van der Waals surface area contributed by atoms with Crippen molar-refractivity contribution in [3.05, 3.63) is 73.8 Å². The zero-order valence-corrected chi connectivity index (χ0v) is 22.3. The number of hydrazine groups is 1. The van der Waals surface area contributed by atoms with Crippen LogP contribution in [-0.4, -0.2) is 61.3 Å². The fourth-order valence-corrected chi connectivity index (χ4v) is 5.65. The van der Waals surface area contributed by atoms with E-state index in [1.54, 1.807) is 28.2 Å². The molecule has 0 aliphatic carbocycles. The van der Waals surface area contributed by atoms with Gasteiger partial charge in [0.2, 0.25) is 0 Å². The molecule has 1 atom stereocenters. The monoisotopic (exact) mass is 579 g/mol. The van der Waals surface area contributed by atoms with Gasteiger partial charge in [0.05, 0.1) is 28.3 Å². The van der Waals surface area contributed by atoms with Gasteiger partial charge in [-0.1, -0.05) is 47.2 Å². The van der Waals surface area contributed by atoms with Crippen molar-refractivity contribution in [2.24, 2.45) is 5.10 Å². The minimum absolute atomic E-state index is 0.0209. The molecule has 200 valence electrons. The number of nitrogens with one attached hydrogen (secondary N) is 1. The largest absolute Gasteiger partial charge is 0.313 e. The second kappa shape index (κ2) is 12.0. The number of carbonyl (C=O) groups is 1. The third-order valence-electron chi connectivity index (χ3n) is 5.89. The summed E-state index contributed by atoms with van der Waals surface area (Å²) in [5, 5.41) is 18.0. The van der Waals surface area contributed by atoms with E-state index < -0.39 is 20.8 Å². The summed E-state index contributed by atoms with van der Waals surface area (Å²) < 4.78 is 23.4. The van der Waals surface area contributed by atoms with E-state index in [1.807, 2.05) is 24.3 Å². The van der Waals surface area contributed by atoms with Crippen LogP contribution in [0.1, 0.15) is 30.0 Å². The van der Waals surface area contributed by atoms with E-state index in [0.29, 0.717) is 21.3 Å². The van der Waals surface area contributed by atoms with Crippen LogP contribution in [0.3, 0.4) is 0 Å². The number of carbonyl (C=O) groups excluding carboxylic acids is 1. The van der Waals surface area contributed by atoms with Crippen LogP contribution >= 0.6 is 23.2 Å². The van der Waals surface area contributed by atoms with Gasteiger partial charge in [0, 0.05) is 36.5 Å². The van der Waals surface area contributed by atoms with Crippen LogP contribution in [-0.2, 0) is 19.5 Å². The molecule has 0 bridgehead atoms. The Hall–Kier alpha value is -3.37. The van der Waals surface area contributed by atoms with Crippen molar-refractivity contribution in [1.29, 1.82) is 0 Å². The average Bonchev–Trinajstić information content (AvgIpc) is 3.31. The first kappa shape index (κ1) is 27.7. The van der Waals surface area contributed by atoms with E-state index in [-0.39, 0.29) is 55.8 Å². The van der Waals surface area contributed by atoms with Crippen molar-refractivity contribution in [1.82, 2.24) is 10.4 Å². The van der Waals surface area contributed by atoms with Crippen molar-refractivity contribution >= 4 is 50.3 Å². The Labute approximate surface area is 229 Å². The summed E-state index contributed by atoms with van der Waals surface area (Å²) in [6.45, 7) is 0.308. The fraction of sp³-hybridized carbons (Fsp3) is 0.333. The zero-order valence-electron chi connectivity index (χ0n) is 20.0. The number of amides is 1. The smallest absolute Gasteiger partial charge is 0.294 e. The molecule has 1 unspecified atom stereocenters. The van der Waals surface area contributed by atoms with Gasteiger partial charge < -0.3 is 4.84 Å². The van der Waals surface area contributed by atoms with E-state index in [9.17, 15) is 23.3 Å². The van der Waals surface area contributed by atoms with Crippen LogP contribution in [0.5, 0.6) is 0 Å². The number of hydrogen-bond acceptors (Lipinski definition) is 9. The Morgan fingerprint density at radius 2 is 1.89 bits per heavy atom. The van der Waals surface area contributed by atoms with Crippen molar-refractivity contribution in [2.75, 3.05) is 36.2 Å². The molecule has 11 nitrogen and oxygen atoms in total. The summed E-state index contributed by atoms with van der Waals surface area (Å²) in [6, 6.07) is 12.0. The first-order chi connectivity index (χ1) is 18.1. The van der Waals surface area contributed by atoms with Gasteiger partial charge in [-0.2, -0.15) is 5.10 Å². The molecule has 1 fully saturated rings. The fourth-order valence-electron chi connectivity index (χ4n) is 3.95. The van der Waals surface area contributed by atoms with Gasteiger partial charge in [0.1, 0.15) is 12.3 Å². The van der Waals surface area contributed by atoms with Gasteiger partial charge in [-0.05, 0) is 35.9 Å². The maximum Gasteiger partial charge on any atom is 0.294 e. The molecule has 38 heavy (non-hydrogen) atoms. The van der Waals surface area contributed by atoms with E-state index in [1.165, 1.54) is 0 Å². The van der Waals surface area contributed by atoms with E-state index in [2.05, 4.69) is 27.2 Å². The summed E-state index contributed by atoms with van der Waals surface area (Å²) in [5.41, 5.74) is 5.17. The van der Waals surface area contributed by atoms with Gasteiger partial charge >= 0.3 is 0 Å². The van der Waals surface area contributed by atoms with E-state index in [0.717, 1.165) is 5.56 Å². The highest BCUT2D eigenvalue weighted by Gasteiger charge is 2.34. The predicted octanol–water partition coefficient (Wildman–Crippen LogP) is 3.01. The number of nitrogens with zero attached hydrogens (tertiary/aromatic N) is 4. The highest BCUT2D eigenvalue weighted by molar-refractivity contribution is 7.91. The van der Waals surface area contributed by atoms with Gasteiger partial charge in [0.25, 0.3) is 11.0 Å². The maximum absolute atomic E-state index is 13.1. The maximum atomic E-state index is 13.1. The summed E-state index contributed by atoms with van der Waals surface area (Å²) in [6.07, 6.45) is 0.490. The Morgan fingerprint density at radius 1 is 1.18 bits per heavy atom. The normalized spacial score (nSPS) is 18.7. The third kappa shape index (κ3) is 7.14. The van der Waals surface area contributed by atoms with Crippen LogP contribution in [0, 0.1) is 22.0 Å². The standard InChI is InChI=1S/C24H23Cl2N5O6S/c25-19-8-9-22(20(26)15-19)30-23(18-6-4-17(5-7-18)3-1-2-12-37-31(33)34)16-21(27-30)24(32)28-29-10-13-38(35,36)14-11-29/h4-9,15,23H,2,10-14,16H2,(H,28,32). The molecule has 1 saturated heterocycles. The summed E-state index contributed by atoms with van der Waals surface area (Å²) in [5.74, 6) is 5.29. The highest BCUT2D eigenvalue weighted by Crippen LogP contribution is 2.39. The molecule has 2 aromatic carbocycles. The van der Waals surface area contributed by atoms with Crippen molar-refractivity contribution in [3.63, 3.8) is 0 Å². The van der Waals surface area contributed by atoms with Crippen molar-refractivity contribution in [2.45, 2.75) is 18.9 Å². The third-order valence-corrected chi connectivity index (χ3v) is 8.03. The Balaban J connectivity index is 1.52. The molecular weight excluding hydrogens is 557 g/mol. The zero-order chi connectivity index (χ0) is 27.3. The SMILES string of the molecule is O=C(NN1CCS(=O)(=O)CC1)C1=NN(c2ccc(Cl)cc2Cl)C(c2ccc(C#CCCO[N+](=O)[O-])cc2)C1. The number of rotatable bonds is 7. The number of anilines is 1. The second-order valence-corrected chi connectivity index (χ2v) is 11.7. The Bertz CT molecular complexity index is 1410. The number of sulfone groups is 1. The van der Waals surface area contributed by atoms with Gasteiger partial charge in [-0.3, -0.25) is 15.2 Å². The second-order valence-electron chi connectivity index (χ2n) is 8.52. The molecule has 2 heterocycles. The van der Waals surface area contributed by atoms with Gasteiger partial charge in [-0.25, -0.2) is 13.4 Å². The predicted molar refractivity (Wildman–Crippen MR) is 143 cm³/mol. The lowest BCUT2D eigenvalue weighted by molar-refractivity contribution is -0.757. The van der Waals surface area contributed by atoms with Crippen molar-refractivity contribution in [3.8, 4) is 11.8 Å². The molecule has 14 heteroatoms. The molecule has 1 amide bonds. The van der Waals surface area contributed by atoms with Crippen LogP contribution in [0.25, 0.3) is 0 Å². The molecule has 2 aromatic rings. The molecule has 2 aliphatic heterocycles. The van der Waals surface area contributed by atoms with Crippen molar-refractivity contribution < 1.29 is 23.1 Å². The lowest BCUT2D eigenvalue weighted by atomic mass is 10.00. The topological polar surface area (TPSA) is 134 Å². The minimum Gasteiger partial charge on any atom is -0.313 e.